The van der Waals surface area contributed by atoms with Crippen LogP contribution in [0.1, 0.15) is 70.8 Å². The van der Waals surface area contributed by atoms with Crippen LogP contribution < -0.4 is 11.0 Å². The van der Waals surface area contributed by atoms with Crippen molar-refractivity contribution < 1.29 is 19.4 Å². The number of ether oxygens (including phenoxy) is 2. The fourth-order valence-electron chi connectivity index (χ4n) is 7.98. The van der Waals surface area contributed by atoms with Crippen LogP contribution in [-0.2, 0) is 22.6 Å². The largest absolute Gasteiger partial charge is 0.392 e. The number of aromatic amines is 1. The number of aliphatic hydroxyl groups excluding tert-OH is 1. The molecule has 0 spiro atoms. The van der Waals surface area contributed by atoms with Crippen molar-refractivity contribution in [2.24, 2.45) is 5.92 Å². The van der Waals surface area contributed by atoms with Crippen molar-refractivity contribution in [2.75, 3.05) is 19.6 Å². The smallest absolute Gasteiger partial charge is 0.326 e. The van der Waals surface area contributed by atoms with E-state index in [-0.39, 0.29) is 42.4 Å². The van der Waals surface area contributed by atoms with Crippen LogP contribution in [0.25, 0.3) is 22.2 Å². The van der Waals surface area contributed by atoms with Crippen molar-refractivity contribution in [3.05, 3.63) is 166 Å². The number of hydrogen-bond acceptors (Lipinski definition) is 6. The van der Waals surface area contributed by atoms with Gasteiger partial charge in [0.2, 0.25) is 0 Å². The number of imidazole rings is 1. The Morgan fingerprint density at radius 3 is 2.30 bits per heavy atom. The van der Waals surface area contributed by atoms with E-state index in [0.717, 1.165) is 76.9 Å². The Hall–Kier alpha value is -5.32. The third-order valence-electron chi connectivity index (χ3n) is 11.0. The van der Waals surface area contributed by atoms with Crippen molar-refractivity contribution >= 4 is 16.9 Å². The highest BCUT2D eigenvalue weighted by Gasteiger charge is 2.40. The fourth-order valence-corrected chi connectivity index (χ4v) is 7.98. The summed E-state index contributed by atoms with van der Waals surface area (Å²) in [5, 5.41) is 12.7. The number of para-hydroxylation sites is 2. The van der Waals surface area contributed by atoms with E-state index in [4.69, 9.17) is 9.47 Å². The third-order valence-corrected chi connectivity index (χ3v) is 11.0. The van der Waals surface area contributed by atoms with E-state index in [1.807, 2.05) is 89.5 Å². The van der Waals surface area contributed by atoms with Gasteiger partial charge in [0.25, 0.3) is 5.91 Å². The van der Waals surface area contributed by atoms with Crippen LogP contribution in [0.3, 0.4) is 0 Å². The Kier molecular flexibility index (Phi) is 10.6. The van der Waals surface area contributed by atoms with E-state index in [1.54, 1.807) is 0 Å². The maximum atomic E-state index is 12.9. The first kappa shape index (κ1) is 35.7. The van der Waals surface area contributed by atoms with Gasteiger partial charge in [-0.2, -0.15) is 0 Å². The molecule has 2 aliphatic heterocycles. The topological polar surface area (TPSA) is 109 Å². The first-order valence-corrected chi connectivity index (χ1v) is 18.9. The van der Waals surface area contributed by atoms with E-state index in [0.29, 0.717) is 12.1 Å². The van der Waals surface area contributed by atoms with Gasteiger partial charge in [-0.25, -0.2) is 4.79 Å². The van der Waals surface area contributed by atoms with Gasteiger partial charge in [0.1, 0.15) is 0 Å². The predicted molar refractivity (Wildman–Crippen MR) is 210 cm³/mol. The molecule has 4 atom stereocenters. The zero-order chi connectivity index (χ0) is 37.0. The lowest BCUT2D eigenvalue weighted by Gasteiger charge is -2.44. The van der Waals surface area contributed by atoms with Crippen LogP contribution in [-0.4, -0.2) is 51.2 Å². The number of benzene rings is 5. The van der Waals surface area contributed by atoms with Gasteiger partial charge < -0.3 is 29.8 Å². The normalized spacial score (nSPS) is 20.9. The molecule has 3 heterocycles. The molecule has 2 aliphatic rings. The molecule has 4 unspecified atom stereocenters. The first-order valence-electron chi connectivity index (χ1n) is 18.9. The maximum Gasteiger partial charge on any atom is 0.326 e. The lowest BCUT2D eigenvalue weighted by molar-refractivity contribution is -0.276. The summed E-state index contributed by atoms with van der Waals surface area (Å²) in [7, 11) is 0. The Bertz CT molecular complexity index is 2260. The van der Waals surface area contributed by atoms with Gasteiger partial charge in [-0.05, 0) is 77.1 Å². The molecule has 0 radical (unpaired) electrons. The molecule has 3 N–H and O–H groups in total. The maximum absolute atomic E-state index is 12.9. The number of carbonyl (C=O) groups is 1. The summed E-state index contributed by atoms with van der Waals surface area (Å²) in [6, 6.07) is 41.8. The van der Waals surface area contributed by atoms with Crippen LogP contribution in [0.4, 0.5) is 0 Å². The predicted octanol–water partition coefficient (Wildman–Crippen LogP) is 7.55. The summed E-state index contributed by atoms with van der Waals surface area (Å²) < 4.78 is 15.6. The number of amides is 1. The minimum atomic E-state index is -0.593. The summed E-state index contributed by atoms with van der Waals surface area (Å²) in [4.78, 5) is 31.1. The number of nitrogens with one attached hydrogen (secondary N) is 2. The van der Waals surface area contributed by atoms with Crippen LogP contribution >= 0.6 is 0 Å². The standard InChI is InChI=1S/C45H46N4O5/c1-30-41(28-48-23-21-38(22-24-48)49-40-16-6-5-15-39(40)47-45(49)52)53-44(54-42(30)33-19-17-31(29-50)18-20-33)37-14-8-13-36(26-37)35-12-7-9-32(25-35)27-46-43(51)34-10-3-2-4-11-34/h2-20,25-26,30,38,41-42,44,50H,21-24,27-29H2,1H3,(H,46,51)(H,47,52). The van der Waals surface area contributed by atoms with Gasteiger partial charge in [0, 0.05) is 49.3 Å². The number of rotatable bonds is 10. The molecule has 0 aliphatic carbocycles. The molecule has 2 saturated heterocycles. The number of aromatic nitrogens is 2. The van der Waals surface area contributed by atoms with Crippen molar-refractivity contribution in [1.82, 2.24) is 19.8 Å². The number of fused-ring (bicyclic) bond motifs is 1. The third kappa shape index (κ3) is 7.67. The lowest BCUT2D eigenvalue weighted by Crippen LogP contribution is -2.47. The molecule has 1 amide bonds. The van der Waals surface area contributed by atoms with Crippen molar-refractivity contribution in [1.29, 1.82) is 0 Å². The van der Waals surface area contributed by atoms with Gasteiger partial charge in [-0.1, -0.05) is 97.9 Å². The van der Waals surface area contributed by atoms with Crippen LogP contribution in [0, 0.1) is 5.92 Å². The second-order valence-electron chi connectivity index (χ2n) is 14.5. The van der Waals surface area contributed by atoms with E-state index in [1.165, 1.54) is 0 Å². The highest BCUT2D eigenvalue weighted by molar-refractivity contribution is 5.94. The minimum absolute atomic E-state index is 0.0102. The molecule has 276 valence electrons. The average Bonchev–Trinajstić information content (AvgIpc) is 3.57. The summed E-state index contributed by atoms with van der Waals surface area (Å²) in [6.07, 6.45) is 0.838. The van der Waals surface area contributed by atoms with E-state index < -0.39 is 6.29 Å². The molecule has 9 nitrogen and oxygen atoms in total. The number of aliphatic hydroxyl groups is 1. The molecule has 9 heteroatoms. The molecule has 54 heavy (non-hydrogen) atoms. The van der Waals surface area contributed by atoms with Crippen LogP contribution in [0.2, 0.25) is 0 Å². The average molecular weight is 723 g/mol. The lowest BCUT2D eigenvalue weighted by atomic mass is 9.89. The second kappa shape index (κ2) is 16.0. The van der Waals surface area contributed by atoms with Crippen LogP contribution in [0.15, 0.2) is 132 Å². The Morgan fingerprint density at radius 1 is 0.796 bits per heavy atom. The molecular formula is C45H46N4O5. The number of hydrogen-bond donors (Lipinski definition) is 3. The number of nitrogens with zero attached hydrogens (tertiary/aromatic N) is 2. The van der Waals surface area contributed by atoms with Gasteiger partial charge >= 0.3 is 5.69 Å². The highest BCUT2D eigenvalue weighted by atomic mass is 16.7. The molecule has 5 aromatic carbocycles. The van der Waals surface area contributed by atoms with Crippen molar-refractivity contribution in [2.45, 2.75) is 57.5 Å². The summed E-state index contributed by atoms with van der Waals surface area (Å²) in [5.74, 6) is -0.0470. The molecule has 6 aromatic rings. The zero-order valence-electron chi connectivity index (χ0n) is 30.4. The van der Waals surface area contributed by atoms with Gasteiger partial charge in [0.05, 0.1) is 29.8 Å². The Morgan fingerprint density at radius 2 is 1.52 bits per heavy atom. The van der Waals surface area contributed by atoms with Crippen molar-refractivity contribution in [3.8, 4) is 11.1 Å². The molecular weight excluding hydrogens is 677 g/mol. The van der Waals surface area contributed by atoms with E-state index in [9.17, 15) is 14.7 Å². The Balaban J connectivity index is 0.998. The van der Waals surface area contributed by atoms with E-state index in [2.05, 4.69) is 64.6 Å². The highest BCUT2D eigenvalue weighted by Crippen LogP contribution is 2.43. The summed E-state index contributed by atoms with van der Waals surface area (Å²) in [6.45, 7) is 5.08. The monoisotopic (exact) mass is 722 g/mol. The quantitative estimate of drug-likeness (QED) is 0.135. The number of piperidine rings is 1. The number of H-pyrrole nitrogens is 1. The molecule has 8 rings (SSSR count). The fraction of sp³-hybridized carbons (Fsp3) is 0.289. The molecule has 0 saturated carbocycles. The van der Waals surface area contributed by atoms with Gasteiger partial charge in [0.15, 0.2) is 6.29 Å². The Labute approximate surface area is 315 Å². The summed E-state index contributed by atoms with van der Waals surface area (Å²) >= 11 is 0. The minimum Gasteiger partial charge on any atom is -0.392 e. The number of carbonyl (C=O) groups excluding carboxylic acids is 1. The van der Waals surface area contributed by atoms with Gasteiger partial charge in [-0.3, -0.25) is 9.36 Å². The molecule has 1 aromatic heterocycles. The zero-order valence-corrected chi connectivity index (χ0v) is 30.4. The van der Waals surface area contributed by atoms with Gasteiger partial charge in [-0.15, -0.1) is 0 Å². The number of likely N-dealkylation sites (tertiary alicyclic amines) is 1. The summed E-state index contributed by atoms with van der Waals surface area (Å²) in [5.41, 5.74) is 8.35. The van der Waals surface area contributed by atoms with Crippen LogP contribution in [0.5, 0.6) is 0 Å². The van der Waals surface area contributed by atoms with E-state index >= 15 is 0 Å². The molecule has 2 fully saturated rings. The second-order valence-corrected chi connectivity index (χ2v) is 14.5. The van der Waals surface area contributed by atoms with Crippen molar-refractivity contribution in [3.63, 3.8) is 0 Å². The molecule has 0 bridgehead atoms. The first-order chi connectivity index (χ1) is 26.4. The SMILES string of the molecule is CC1C(CN2CCC(n3c(=O)[nH]c4ccccc43)CC2)OC(c2cccc(-c3cccc(CNC(=O)c4ccccc4)c3)c2)OC1c1ccc(CO)cc1.